The van der Waals surface area contributed by atoms with E-state index < -0.39 is 4.92 Å². The van der Waals surface area contributed by atoms with Crippen molar-refractivity contribution >= 4 is 6.08 Å². The van der Waals surface area contributed by atoms with E-state index >= 15 is 0 Å². The molecule has 12 heavy (non-hydrogen) atoms. The fraction of sp³-hybridized carbons (Fsp3) is 0.286. The van der Waals surface area contributed by atoms with Crippen LogP contribution in [0.3, 0.4) is 0 Å². The lowest BCUT2D eigenvalue weighted by Crippen LogP contribution is -1.95. The van der Waals surface area contributed by atoms with Crippen molar-refractivity contribution in [3.63, 3.8) is 0 Å². The maximum atomic E-state index is 9.98. The lowest BCUT2D eigenvalue weighted by atomic mass is 10.5. The third kappa shape index (κ3) is 1.91. The van der Waals surface area contributed by atoms with Crippen LogP contribution in [0.25, 0.3) is 6.08 Å². The van der Waals surface area contributed by atoms with Crippen LogP contribution < -0.4 is 0 Å². The normalized spacial score (nSPS) is 10.8. The largest absolute Gasteiger partial charge is 0.332 e. The molecule has 0 saturated heterocycles. The van der Waals surface area contributed by atoms with Crippen molar-refractivity contribution < 1.29 is 4.92 Å². The lowest BCUT2D eigenvalue weighted by Gasteiger charge is -1.96. The number of aryl methyl sites for hydroxylation is 1. The van der Waals surface area contributed by atoms with Crippen LogP contribution in [0.4, 0.5) is 0 Å². The first-order chi connectivity index (χ1) is 5.74. The molecule has 1 rings (SSSR count). The van der Waals surface area contributed by atoms with Crippen molar-refractivity contribution in [2.75, 3.05) is 0 Å². The van der Waals surface area contributed by atoms with Gasteiger partial charge < -0.3 is 4.57 Å². The highest BCUT2D eigenvalue weighted by Crippen LogP contribution is 1.99. The molecule has 1 heterocycles. The van der Waals surface area contributed by atoms with Gasteiger partial charge in [-0.1, -0.05) is 0 Å². The summed E-state index contributed by atoms with van der Waals surface area (Å²) in [6.45, 7) is 2.71. The van der Waals surface area contributed by atoms with Crippen molar-refractivity contribution in [3.8, 4) is 0 Å². The second-order valence-corrected chi connectivity index (χ2v) is 2.17. The molecule has 0 bridgehead atoms. The molecule has 0 spiro atoms. The molecule has 0 radical (unpaired) electrons. The summed E-state index contributed by atoms with van der Waals surface area (Å²) >= 11 is 0. The minimum atomic E-state index is -0.505. The topological polar surface area (TPSA) is 61.0 Å². The summed E-state index contributed by atoms with van der Waals surface area (Å²) in [6.07, 6.45) is 5.65. The molecule has 0 unspecified atom stereocenters. The van der Waals surface area contributed by atoms with Crippen LogP contribution in [0.15, 0.2) is 18.6 Å². The summed E-state index contributed by atoms with van der Waals surface area (Å²) < 4.78 is 1.82. The van der Waals surface area contributed by atoms with E-state index in [-0.39, 0.29) is 0 Å². The van der Waals surface area contributed by atoms with Crippen molar-refractivity contribution in [3.05, 3.63) is 34.5 Å². The summed E-state index contributed by atoms with van der Waals surface area (Å²) in [7, 11) is 0. The number of imidazole rings is 1. The quantitative estimate of drug-likeness (QED) is 0.501. The molecule has 0 aliphatic carbocycles. The van der Waals surface area contributed by atoms with Crippen molar-refractivity contribution in [2.45, 2.75) is 13.5 Å². The van der Waals surface area contributed by atoms with E-state index in [0.717, 1.165) is 12.7 Å². The summed E-state index contributed by atoms with van der Waals surface area (Å²) in [4.78, 5) is 13.4. The van der Waals surface area contributed by atoms with E-state index in [4.69, 9.17) is 0 Å². The third-order valence-corrected chi connectivity index (χ3v) is 1.43. The van der Waals surface area contributed by atoms with Gasteiger partial charge in [-0.05, 0) is 6.92 Å². The van der Waals surface area contributed by atoms with Crippen LogP contribution >= 0.6 is 0 Å². The second kappa shape index (κ2) is 3.66. The molecule has 0 amide bonds. The lowest BCUT2D eigenvalue weighted by molar-refractivity contribution is -0.401. The van der Waals surface area contributed by atoms with Gasteiger partial charge in [-0.2, -0.15) is 0 Å². The van der Waals surface area contributed by atoms with Gasteiger partial charge in [-0.15, -0.1) is 0 Å². The smallest absolute Gasteiger partial charge is 0.238 e. The van der Waals surface area contributed by atoms with E-state index in [1.165, 1.54) is 6.08 Å². The highest BCUT2D eigenvalue weighted by atomic mass is 16.6. The molecular formula is C7H9N3O2. The van der Waals surface area contributed by atoms with Gasteiger partial charge in [0.2, 0.25) is 6.20 Å². The minimum Gasteiger partial charge on any atom is -0.332 e. The summed E-state index contributed by atoms with van der Waals surface area (Å²) in [5.74, 6) is 0.606. The molecule has 0 aliphatic rings. The Morgan fingerprint density at radius 3 is 3.17 bits per heavy atom. The SMILES string of the molecule is CCn1ccnc1/C=C/[N+](=O)[O-]. The average molecular weight is 167 g/mol. The van der Waals surface area contributed by atoms with Gasteiger partial charge in [0.05, 0.1) is 11.0 Å². The minimum absolute atomic E-state index is 0.505. The van der Waals surface area contributed by atoms with Crippen LogP contribution in [0.1, 0.15) is 12.7 Å². The molecule has 0 aromatic carbocycles. The number of hydrogen-bond acceptors (Lipinski definition) is 3. The molecule has 5 heteroatoms. The predicted octanol–water partition coefficient (Wildman–Crippen LogP) is 1.15. The standard InChI is InChI=1S/C7H9N3O2/c1-2-9-6-4-8-7(9)3-5-10(11)12/h3-6H,2H2,1H3/b5-3+. The summed E-state index contributed by atoms with van der Waals surface area (Å²) in [5, 5.41) is 9.98. The number of aromatic nitrogens is 2. The van der Waals surface area contributed by atoms with Gasteiger partial charge in [-0.3, -0.25) is 10.1 Å². The van der Waals surface area contributed by atoms with Gasteiger partial charge in [0.15, 0.2) is 0 Å². The Labute approximate surface area is 69.5 Å². The van der Waals surface area contributed by atoms with Gasteiger partial charge in [-0.25, -0.2) is 4.98 Å². The van der Waals surface area contributed by atoms with Crippen LogP contribution in [0, 0.1) is 10.1 Å². The van der Waals surface area contributed by atoms with E-state index in [0.29, 0.717) is 5.82 Å². The van der Waals surface area contributed by atoms with Crippen molar-refractivity contribution in [2.24, 2.45) is 0 Å². The van der Waals surface area contributed by atoms with E-state index in [2.05, 4.69) is 4.98 Å². The van der Waals surface area contributed by atoms with Gasteiger partial charge in [0, 0.05) is 18.9 Å². The fourth-order valence-electron chi connectivity index (χ4n) is 0.874. The maximum absolute atomic E-state index is 9.98. The van der Waals surface area contributed by atoms with Gasteiger partial charge >= 0.3 is 0 Å². The van der Waals surface area contributed by atoms with E-state index in [1.807, 2.05) is 11.5 Å². The molecule has 0 aliphatic heterocycles. The van der Waals surface area contributed by atoms with Crippen LogP contribution in [0.2, 0.25) is 0 Å². The summed E-state index contributed by atoms with van der Waals surface area (Å²) in [5.41, 5.74) is 0. The second-order valence-electron chi connectivity index (χ2n) is 2.17. The van der Waals surface area contributed by atoms with Crippen LogP contribution in [0.5, 0.6) is 0 Å². The highest BCUT2D eigenvalue weighted by Gasteiger charge is 1.96. The average Bonchev–Trinajstić information content (AvgIpc) is 2.47. The number of rotatable bonds is 3. The van der Waals surface area contributed by atoms with Crippen LogP contribution in [-0.2, 0) is 6.54 Å². The predicted molar refractivity (Wildman–Crippen MR) is 43.9 cm³/mol. The molecule has 0 fully saturated rings. The maximum Gasteiger partial charge on any atom is 0.238 e. The third-order valence-electron chi connectivity index (χ3n) is 1.43. The molecule has 1 aromatic heterocycles. The molecule has 0 atom stereocenters. The Balaban J connectivity index is 2.81. The first-order valence-electron chi connectivity index (χ1n) is 3.57. The Kier molecular flexibility index (Phi) is 2.57. The van der Waals surface area contributed by atoms with E-state index in [1.54, 1.807) is 12.4 Å². The van der Waals surface area contributed by atoms with Crippen LogP contribution in [-0.4, -0.2) is 14.5 Å². The molecule has 5 nitrogen and oxygen atoms in total. The van der Waals surface area contributed by atoms with E-state index in [9.17, 15) is 10.1 Å². The van der Waals surface area contributed by atoms with Gasteiger partial charge in [0.1, 0.15) is 5.82 Å². The zero-order valence-electron chi connectivity index (χ0n) is 6.67. The summed E-state index contributed by atoms with van der Waals surface area (Å²) in [6, 6.07) is 0. The zero-order valence-corrected chi connectivity index (χ0v) is 6.67. The number of nitrogens with zero attached hydrogens (tertiary/aromatic N) is 3. The fourth-order valence-corrected chi connectivity index (χ4v) is 0.874. The van der Waals surface area contributed by atoms with Crippen molar-refractivity contribution in [1.82, 2.24) is 9.55 Å². The highest BCUT2D eigenvalue weighted by molar-refractivity contribution is 5.38. The molecule has 1 aromatic rings. The molecule has 0 saturated carbocycles. The Hall–Kier alpha value is -1.65. The Morgan fingerprint density at radius 1 is 1.83 bits per heavy atom. The monoisotopic (exact) mass is 167 g/mol. The number of hydrogen-bond donors (Lipinski definition) is 0. The molecule has 0 N–H and O–H groups in total. The van der Waals surface area contributed by atoms with Gasteiger partial charge in [0.25, 0.3) is 0 Å². The Bertz CT molecular complexity index is 303. The molecular weight excluding hydrogens is 158 g/mol. The number of nitro groups is 1. The van der Waals surface area contributed by atoms with Crippen molar-refractivity contribution in [1.29, 1.82) is 0 Å². The zero-order chi connectivity index (χ0) is 8.97. The molecule has 64 valence electrons. The first kappa shape index (κ1) is 8.45. The first-order valence-corrected chi connectivity index (χ1v) is 3.57. The Morgan fingerprint density at radius 2 is 2.58 bits per heavy atom.